The molecule has 112 valence electrons. The zero-order valence-corrected chi connectivity index (χ0v) is 11.9. The highest BCUT2D eigenvalue weighted by Gasteiger charge is 2.21. The van der Waals surface area contributed by atoms with Crippen molar-refractivity contribution < 1.29 is 18.3 Å². The molecule has 5 nitrogen and oxygen atoms in total. The van der Waals surface area contributed by atoms with Crippen LogP contribution in [-0.2, 0) is 7.05 Å². The molecular weight excluding hydrogens is 280 g/mol. The molecule has 1 aromatic heterocycles. The van der Waals surface area contributed by atoms with Crippen molar-refractivity contribution in [3.05, 3.63) is 47.3 Å². The van der Waals surface area contributed by atoms with Gasteiger partial charge in [0.05, 0.1) is 18.8 Å². The van der Waals surface area contributed by atoms with Crippen LogP contribution in [0.2, 0.25) is 0 Å². The molecular formula is C14H15F2N3O2. The monoisotopic (exact) mass is 295 g/mol. The summed E-state index contributed by atoms with van der Waals surface area (Å²) in [6.07, 6.45) is 1.71. The van der Waals surface area contributed by atoms with Crippen molar-refractivity contribution in [2.45, 2.75) is 13.0 Å². The van der Waals surface area contributed by atoms with Crippen LogP contribution in [0.4, 0.5) is 8.78 Å². The first-order chi connectivity index (χ1) is 9.92. The van der Waals surface area contributed by atoms with Crippen molar-refractivity contribution in [1.29, 1.82) is 0 Å². The van der Waals surface area contributed by atoms with Gasteiger partial charge in [-0.25, -0.2) is 8.78 Å². The maximum atomic E-state index is 13.8. The third-order valence-electron chi connectivity index (χ3n) is 3.00. The summed E-state index contributed by atoms with van der Waals surface area (Å²) in [5.74, 6) is -2.78. The minimum Gasteiger partial charge on any atom is -0.497 e. The van der Waals surface area contributed by atoms with E-state index in [4.69, 9.17) is 4.74 Å². The molecule has 0 saturated heterocycles. The zero-order chi connectivity index (χ0) is 15.6. The average molecular weight is 295 g/mol. The number of aromatic nitrogens is 2. The van der Waals surface area contributed by atoms with Gasteiger partial charge in [-0.05, 0) is 13.0 Å². The Hall–Kier alpha value is -2.44. The van der Waals surface area contributed by atoms with E-state index >= 15 is 0 Å². The van der Waals surface area contributed by atoms with Gasteiger partial charge in [0, 0.05) is 25.4 Å². The molecule has 2 aromatic rings. The molecule has 0 aliphatic carbocycles. The van der Waals surface area contributed by atoms with Crippen LogP contribution in [0.1, 0.15) is 29.0 Å². The van der Waals surface area contributed by atoms with E-state index in [-0.39, 0.29) is 5.75 Å². The molecule has 0 radical (unpaired) electrons. The number of rotatable bonds is 4. The molecule has 1 heterocycles. The number of aryl methyl sites for hydroxylation is 1. The Bertz CT molecular complexity index is 647. The molecule has 0 fully saturated rings. The van der Waals surface area contributed by atoms with E-state index in [0.717, 1.165) is 12.1 Å². The Kier molecular flexibility index (Phi) is 4.21. The lowest BCUT2D eigenvalue weighted by Crippen LogP contribution is -2.28. The van der Waals surface area contributed by atoms with Crippen LogP contribution in [0, 0.1) is 11.6 Å². The number of nitrogens with one attached hydrogen (secondary N) is 1. The van der Waals surface area contributed by atoms with Gasteiger partial charge in [0.2, 0.25) is 0 Å². The average Bonchev–Trinajstić information content (AvgIpc) is 2.84. The fraction of sp³-hybridized carbons (Fsp3) is 0.286. The normalized spacial score (nSPS) is 12.0. The number of hydrogen-bond acceptors (Lipinski definition) is 3. The maximum absolute atomic E-state index is 13.8. The first-order valence-electron chi connectivity index (χ1n) is 6.25. The summed E-state index contributed by atoms with van der Waals surface area (Å²) in [7, 11) is 3.03. The fourth-order valence-electron chi connectivity index (χ4n) is 1.89. The van der Waals surface area contributed by atoms with Crippen molar-refractivity contribution in [2.75, 3.05) is 7.11 Å². The molecule has 1 unspecified atom stereocenters. The number of halogens is 2. The van der Waals surface area contributed by atoms with Gasteiger partial charge in [0.1, 0.15) is 22.9 Å². The van der Waals surface area contributed by atoms with Gasteiger partial charge in [-0.1, -0.05) is 0 Å². The van der Waals surface area contributed by atoms with E-state index in [2.05, 4.69) is 10.4 Å². The van der Waals surface area contributed by atoms with Gasteiger partial charge in [-0.15, -0.1) is 0 Å². The van der Waals surface area contributed by atoms with Gasteiger partial charge in [0.25, 0.3) is 5.91 Å². The predicted octanol–water partition coefficient (Wildman–Crippen LogP) is 2.20. The molecule has 0 saturated carbocycles. The second-order valence-corrected chi connectivity index (χ2v) is 4.58. The lowest BCUT2D eigenvalue weighted by Gasteiger charge is -2.13. The van der Waals surface area contributed by atoms with Gasteiger partial charge in [-0.3, -0.25) is 9.48 Å². The van der Waals surface area contributed by atoms with Crippen LogP contribution in [0.5, 0.6) is 5.75 Å². The highest BCUT2D eigenvalue weighted by atomic mass is 19.1. The van der Waals surface area contributed by atoms with Crippen molar-refractivity contribution in [2.24, 2.45) is 7.05 Å². The Morgan fingerprint density at radius 2 is 2.00 bits per heavy atom. The third kappa shape index (κ3) is 3.18. The molecule has 2 rings (SSSR count). The Morgan fingerprint density at radius 1 is 1.38 bits per heavy atom. The summed E-state index contributed by atoms with van der Waals surface area (Å²) in [6.45, 7) is 1.68. The molecule has 1 amide bonds. The fourth-order valence-corrected chi connectivity index (χ4v) is 1.89. The number of benzene rings is 1. The lowest BCUT2D eigenvalue weighted by molar-refractivity contribution is 0.0930. The zero-order valence-electron chi connectivity index (χ0n) is 11.9. The van der Waals surface area contributed by atoms with Crippen molar-refractivity contribution >= 4 is 5.91 Å². The summed E-state index contributed by atoms with van der Waals surface area (Å²) in [5.41, 5.74) is -0.0428. The number of carbonyl (C=O) groups is 1. The van der Waals surface area contributed by atoms with E-state index < -0.39 is 29.1 Å². The van der Waals surface area contributed by atoms with E-state index in [1.54, 1.807) is 30.9 Å². The van der Waals surface area contributed by atoms with E-state index in [0.29, 0.717) is 5.69 Å². The summed E-state index contributed by atoms with van der Waals surface area (Å²) in [5, 5.41) is 6.63. The minimum absolute atomic E-state index is 0.0133. The van der Waals surface area contributed by atoms with E-state index in [1.807, 2.05) is 0 Å². The van der Waals surface area contributed by atoms with E-state index in [1.165, 1.54) is 7.11 Å². The number of nitrogens with zero attached hydrogens (tertiary/aromatic N) is 2. The highest BCUT2D eigenvalue weighted by Crippen LogP contribution is 2.21. The highest BCUT2D eigenvalue weighted by molar-refractivity contribution is 5.95. The number of carbonyl (C=O) groups excluding carboxylic acids is 1. The SMILES string of the molecule is COc1cc(F)c(C(=O)NC(C)c2ccn(C)n2)c(F)c1. The van der Waals surface area contributed by atoms with Crippen LogP contribution in [0.25, 0.3) is 0 Å². The molecule has 1 aromatic carbocycles. The molecule has 0 aliphatic rings. The van der Waals surface area contributed by atoms with E-state index in [9.17, 15) is 13.6 Å². The molecule has 0 bridgehead atoms. The summed E-state index contributed by atoms with van der Waals surface area (Å²) in [6, 6.07) is 3.16. The number of amides is 1. The molecule has 1 atom stereocenters. The van der Waals surface area contributed by atoms with Crippen molar-refractivity contribution in [3.63, 3.8) is 0 Å². The first-order valence-corrected chi connectivity index (χ1v) is 6.25. The Labute approximate surface area is 120 Å². The number of hydrogen-bond donors (Lipinski definition) is 1. The van der Waals surface area contributed by atoms with Crippen LogP contribution in [-0.4, -0.2) is 22.8 Å². The molecule has 1 N–H and O–H groups in total. The number of methoxy groups -OCH3 is 1. The van der Waals surface area contributed by atoms with Crippen LogP contribution in [0.15, 0.2) is 24.4 Å². The smallest absolute Gasteiger partial charge is 0.257 e. The Morgan fingerprint density at radius 3 is 2.48 bits per heavy atom. The van der Waals surface area contributed by atoms with Gasteiger partial charge in [-0.2, -0.15) is 5.10 Å². The van der Waals surface area contributed by atoms with Crippen LogP contribution >= 0.6 is 0 Å². The summed E-state index contributed by atoms with van der Waals surface area (Å²) < 4.78 is 33.9. The van der Waals surface area contributed by atoms with Gasteiger partial charge in [0.15, 0.2) is 0 Å². The topological polar surface area (TPSA) is 56.1 Å². The predicted molar refractivity (Wildman–Crippen MR) is 72.0 cm³/mol. The Balaban J connectivity index is 2.21. The standard InChI is InChI=1S/C14H15F2N3O2/c1-8(12-4-5-19(2)18-12)17-14(20)13-10(15)6-9(21-3)7-11(13)16/h4-8H,1-3H3,(H,17,20). The maximum Gasteiger partial charge on any atom is 0.257 e. The molecule has 21 heavy (non-hydrogen) atoms. The molecule has 7 heteroatoms. The van der Waals surface area contributed by atoms with Gasteiger partial charge < -0.3 is 10.1 Å². The summed E-state index contributed by atoms with van der Waals surface area (Å²) >= 11 is 0. The lowest BCUT2D eigenvalue weighted by atomic mass is 10.1. The van der Waals surface area contributed by atoms with Crippen molar-refractivity contribution in [1.82, 2.24) is 15.1 Å². The summed E-state index contributed by atoms with van der Waals surface area (Å²) in [4.78, 5) is 12.0. The van der Waals surface area contributed by atoms with Crippen LogP contribution in [0.3, 0.4) is 0 Å². The first kappa shape index (κ1) is 15.0. The van der Waals surface area contributed by atoms with Gasteiger partial charge >= 0.3 is 0 Å². The molecule has 0 spiro atoms. The molecule has 0 aliphatic heterocycles. The minimum atomic E-state index is -0.974. The van der Waals surface area contributed by atoms with Crippen molar-refractivity contribution in [3.8, 4) is 5.75 Å². The number of ether oxygens (including phenoxy) is 1. The third-order valence-corrected chi connectivity index (χ3v) is 3.00. The second kappa shape index (κ2) is 5.90. The quantitative estimate of drug-likeness (QED) is 0.940. The second-order valence-electron chi connectivity index (χ2n) is 4.58. The largest absolute Gasteiger partial charge is 0.497 e. The van der Waals surface area contributed by atoms with Crippen LogP contribution < -0.4 is 10.1 Å².